The van der Waals surface area contributed by atoms with E-state index >= 15 is 0 Å². The quantitative estimate of drug-likeness (QED) is 0.820. The Bertz CT molecular complexity index is 384. The summed E-state index contributed by atoms with van der Waals surface area (Å²) in [6.45, 7) is 2.30. The molecular formula is C10H16N4OS. The molecule has 6 heteroatoms. The molecule has 88 valence electrons. The minimum Gasteiger partial charge on any atom is -0.345 e. The molecular weight excluding hydrogens is 224 g/mol. The zero-order chi connectivity index (χ0) is 11.6. The van der Waals surface area contributed by atoms with Gasteiger partial charge in [0, 0.05) is 6.54 Å². The number of carbonyl (C=O) groups is 1. The molecule has 1 aromatic heterocycles. The zero-order valence-corrected chi connectivity index (χ0v) is 10.1. The van der Waals surface area contributed by atoms with E-state index in [0.29, 0.717) is 17.1 Å². The first kappa shape index (κ1) is 11.5. The molecule has 1 saturated carbocycles. The average molecular weight is 240 g/mol. The van der Waals surface area contributed by atoms with E-state index in [1.165, 1.54) is 0 Å². The van der Waals surface area contributed by atoms with Gasteiger partial charge in [0.05, 0.1) is 11.2 Å². The summed E-state index contributed by atoms with van der Waals surface area (Å²) >= 11 is 1.14. The third kappa shape index (κ3) is 2.08. The minimum absolute atomic E-state index is 0.0835. The normalized spacial score (nSPS) is 18.6. The van der Waals surface area contributed by atoms with Crippen molar-refractivity contribution in [2.24, 2.45) is 5.73 Å². The van der Waals surface area contributed by atoms with E-state index in [1.807, 2.05) is 0 Å². The fourth-order valence-corrected chi connectivity index (χ4v) is 2.72. The van der Waals surface area contributed by atoms with Crippen LogP contribution in [0, 0.1) is 6.92 Å². The van der Waals surface area contributed by atoms with Crippen molar-refractivity contribution >= 4 is 17.4 Å². The van der Waals surface area contributed by atoms with Gasteiger partial charge in [-0.2, -0.15) is 0 Å². The fraction of sp³-hybridized carbons (Fsp3) is 0.700. The molecule has 16 heavy (non-hydrogen) atoms. The van der Waals surface area contributed by atoms with Crippen molar-refractivity contribution in [2.45, 2.75) is 38.1 Å². The van der Waals surface area contributed by atoms with Gasteiger partial charge in [0.2, 0.25) is 0 Å². The standard InChI is InChI=1S/C10H16N4OS/c1-7-8(16-14-13-7)9(15)12-10(6-11)4-2-3-5-10/h2-6,11H2,1H3,(H,12,15). The van der Waals surface area contributed by atoms with Gasteiger partial charge in [-0.1, -0.05) is 17.3 Å². The van der Waals surface area contributed by atoms with E-state index in [0.717, 1.165) is 37.2 Å². The van der Waals surface area contributed by atoms with Crippen LogP contribution in [0.1, 0.15) is 41.0 Å². The molecule has 0 bridgehead atoms. The summed E-state index contributed by atoms with van der Waals surface area (Å²) in [6, 6.07) is 0. The summed E-state index contributed by atoms with van der Waals surface area (Å²) in [5, 5.41) is 6.89. The number of hydrogen-bond donors (Lipinski definition) is 2. The molecule has 5 nitrogen and oxygen atoms in total. The Morgan fingerprint density at radius 3 is 2.75 bits per heavy atom. The summed E-state index contributed by atoms with van der Waals surface area (Å²) in [6.07, 6.45) is 4.22. The molecule has 1 aliphatic carbocycles. The van der Waals surface area contributed by atoms with Crippen molar-refractivity contribution in [1.82, 2.24) is 14.9 Å². The number of rotatable bonds is 3. The Kier molecular flexibility index (Phi) is 3.20. The second-order valence-electron chi connectivity index (χ2n) is 4.33. The summed E-state index contributed by atoms with van der Waals surface area (Å²) in [5.41, 5.74) is 6.25. The third-order valence-electron chi connectivity index (χ3n) is 3.19. The smallest absolute Gasteiger partial charge is 0.265 e. The molecule has 0 atom stereocenters. The summed E-state index contributed by atoms with van der Waals surface area (Å²) in [4.78, 5) is 12.6. The van der Waals surface area contributed by atoms with Crippen LogP contribution in [0.15, 0.2) is 0 Å². The van der Waals surface area contributed by atoms with Gasteiger partial charge in [0.25, 0.3) is 5.91 Å². The Labute approximate surface area is 98.6 Å². The van der Waals surface area contributed by atoms with Crippen LogP contribution in [-0.2, 0) is 0 Å². The molecule has 0 unspecified atom stereocenters. The molecule has 0 aliphatic heterocycles. The van der Waals surface area contributed by atoms with Crippen LogP contribution in [0.5, 0.6) is 0 Å². The average Bonchev–Trinajstić information content (AvgIpc) is 2.87. The largest absolute Gasteiger partial charge is 0.345 e. The maximum absolute atomic E-state index is 12.0. The number of aryl methyl sites for hydroxylation is 1. The molecule has 0 spiro atoms. The van der Waals surface area contributed by atoms with Crippen LogP contribution in [0.25, 0.3) is 0 Å². The zero-order valence-electron chi connectivity index (χ0n) is 9.32. The Morgan fingerprint density at radius 2 is 2.25 bits per heavy atom. The highest BCUT2D eigenvalue weighted by atomic mass is 32.1. The molecule has 2 rings (SSSR count). The molecule has 0 aromatic carbocycles. The van der Waals surface area contributed by atoms with Gasteiger partial charge < -0.3 is 11.1 Å². The molecule has 1 heterocycles. The summed E-state index contributed by atoms with van der Waals surface area (Å²) in [7, 11) is 0. The molecule has 1 fully saturated rings. The first-order valence-corrected chi connectivity index (χ1v) is 6.26. The molecule has 0 saturated heterocycles. The number of nitrogens with two attached hydrogens (primary N) is 1. The lowest BCUT2D eigenvalue weighted by atomic mass is 9.98. The maximum Gasteiger partial charge on any atom is 0.265 e. The molecule has 3 N–H and O–H groups in total. The lowest BCUT2D eigenvalue weighted by molar-refractivity contribution is 0.0906. The summed E-state index contributed by atoms with van der Waals surface area (Å²) in [5.74, 6) is -0.0835. The monoisotopic (exact) mass is 240 g/mol. The van der Waals surface area contributed by atoms with Crippen LogP contribution < -0.4 is 11.1 Å². The summed E-state index contributed by atoms with van der Waals surface area (Å²) < 4.78 is 3.77. The van der Waals surface area contributed by atoms with Crippen LogP contribution in [-0.4, -0.2) is 27.6 Å². The van der Waals surface area contributed by atoms with Gasteiger partial charge in [-0.15, -0.1) is 5.10 Å². The van der Waals surface area contributed by atoms with E-state index in [9.17, 15) is 4.79 Å². The van der Waals surface area contributed by atoms with Crippen LogP contribution in [0.4, 0.5) is 0 Å². The minimum atomic E-state index is -0.201. The van der Waals surface area contributed by atoms with Crippen molar-refractivity contribution in [2.75, 3.05) is 6.54 Å². The van der Waals surface area contributed by atoms with E-state index in [1.54, 1.807) is 6.92 Å². The van der Waals surface area contributed by atoms with Crippen LogP contribution in [0.3, 0.4) is 0 Å². The van der Waals surface area contributed by atoms with Crippen LogP contribution in [0.2, 0.25) is 0 Å². The lowest BCUT2D eigenvalue weighted by Gasteiger charge is -2.28. The topological polar surface area (TPSA) is 80.9 Å². The predicted molar refractivity (Wildman–Crippen MR) is 62.4 cm³/mol. The second-order valence-corrected chi connectivity index (χ2v) is 5.09. The van der Waals surface area contributed by atoms with Crippen molar-refractivity contribution in [1.29, 1.82) is 0 Å². The number of nitrogens with zero attached hydrogens (tertiary/aromatic N) is 2. The van der Waals surface area contributed by atoms with E-state index in [2.05, 4.69) is 14.9 Å². The first-order valence-electron chi connectivity index (χ1n) is 5.48. The Hall–Kier alpha value is -1.01. The van der Waals surface area contributed by atoms with Crippen molar-refractivity contribution in [3.63, 3.8) is 0 Å². The van der Waals surface area contributed by atoms with Crippen molar-refractivity contribution in [3.8, 4) is 0 Å². The first-order chi connectivity index (χ1) is 7.67. The number of amides is 1. The molecule has 1 amide bonds. The van der Waals surface area contributed by atoms with Crippen molar-refractivity contribution < 1.29 is 4.79 Å². The Balaban J connectivity index is 2.09. The number of aromatic nitrogens is 2. The highest BCUT2D eigenvalue weighted by Crippen LogP contribution is 2.29. The van der Waals surface area contributed by atoms with Gasteiger partial charge in [-0.25, -0.2) is 0 Å². The lowest BCUT2D eigenvalue weighted by Crippen LogP contribution is -2.51. The van der Waals surface area contributed by atoms with Gasteiger partial charge in [0.1, 0.15) is 4.88 Å². The molecule has 1 aliphatic rings. The fourth-order valence-electron chi connectivity index (χ4n) is 2.17. The second kappa shape index (κ2) is 4.47. The predicted octanol–water partition coefficient (Wildman–Crippen LogP) is 0.848. The number of carbonyl (C=O) groups excluding carboxylic acids is 1. The van der Waals surface area contributed by atoms with Gasteiger partial charge in [-0.05, 0) is 31.3 Å². The molecule has 1 aromatic rings. The number of hydrogen-bond acceptors (Lipinski definition) is 5. The number of nitrogens with one attached hydrogen (secondary N) is 1. The van der Waals surface area contributed by atoms with Gasteiger partial charge in [-0.3, -0.25) is 4.79 Å². The van der Waals surface area contributed by atoms with Crippen molar-refractivity contribution in [3.05, 3.63) is 10.6 Å². The van der Waals surface area contributed by atoms with Gasteiger partial charge in [0.15, 0.2) is 0 Å². The third-order valence-corrected chi connectivity index (χ3v) is 4.01. The van der Waals surface area contributed by atoms with E-state index in [4.69, 9.17) is 5.73 Å². The van der Waals surface area contributed by atoms with E-state index < -0.39 is 0 Å². The highest BCUT2D eigenvalue weighted by molar-refractivity contribution is 7.08. The van der Waals surface area contributed by atoms with Gasteiger partial charge >= 0.3 is 0 Å². The molecule has 0 radical (unpaired) electrons. The van der Waals surface area contributed by atoms with Crippen LogP contribution >= 0.6 is 11.5 Å². The SMILES string of the molecule is Cc1nnsc1C(=O)NC1(CN)CCCC1. The Morgan fingerprint density at radius 1 is 1.56 bits per heavy atom. The maximum atomic E-state index is 12.0. The van der Waals surface area contributed by atoms with E-state index in [-0.39, 0.29) is 11.4 Å². The highest BCUT2D eigenvalue weighted by Gasteiger charge is 2.34.